The lowest BCUT2D eigenvalue weighted by Gasteiger charge is -2.25. The van der Waals surface area contributed by atoms with Crippen LogP contribution in [0.3, 0.4) is 0 Å². The Bertz CT molecular complexity index is 433. The molecular weight excluding hydrogens is 254 g/mol. The number of aliphatic hydroxyl groups is 1. The van der Waals surface area contributed by atoms with Crippen molar-refractivity contribution in [3.63, 3.8) is 0 Å². The molecule has 1 aromatic heterocycles. The van der Waals surface area contributed by atoms with Crippen molar-refractivity contribution in [2.75, 3.05) is 13.7 Å². The molecule has 0 aromatic carbocycles. The van der Waals surface area contributed by atoms with Gasteiger partial charge in [0.05, 0.1) is 12.6 Å². The van der Waals surface area contributed by atoms with E-state index in [-0.39, 0.29) is 18.6 Å². The average Bonchev–Trinajstić information content (AvgIpc) is 2.91. The van der Waals surface area contributed by atoms with Crippen LogP contribution in [0.5, 0.6) is 0 Å². The quantitative estimate of drug-likeness (QED) is 0.899. The number of nitrogens with zero attached hydrogens (tertiary/aromatic N) is 1. The van der Waals surface area contributed by atoms with E-state index in [4.69, 9.17) is 9.47 Å². The third-order valence-corrected chi connectivity index (χ3v) is 4.09. The van der Waals surface area contributed by atoms with Crippen LogP contribution in [-0.4, -0.2) is 42.1 Å². The van der Waals surface area contributed by atoms with Gasteiger partial charge in [-0.05, 0) is 23.9 Å². The summed E-state index contributed by atoms with van der Waals surface area (Å²) in [7, 11) is 1.48. The number of ether oxygens (including phenoxy) is 2. The van der Waals surface area contributed by atoms with Crippen LogP contribution in [-0.2, 0) is 14.3 Å². The third kappa shape index (κ3) is 2.29. The van der Waals surface area contributed by atoms with Crippen LogP contribution in [0, 0.1) is 6.92 Å². The second kappa shape index (κ2) is 5.36. The average molecular weight is 271 g/mol. The van der Waals surface area contributed by atoms with E-state index in [1.54, 1.807) is 11.3 Å². The number of hydrogen-bond donors (Lipinski definition) is 1. The van der Waals surface area contributed by atoms with E-state index in [2.05, 4.69) is 0 Å². The number of rotatable bonds is 3. The molecule has 1 amide bonds. The monoisotopic (exact) mass is 271 g/mol. The molecular formula is C12H17NO4S. The van der Waals surface area contributed by atoms with Crippen LogP contribution in [0.1, 0.15) is 23.5 Å². The van der Waals surface area contributed by atoms with E-state index >= 15 is 0 Å². The van der Waals surface area contributed by atoms with Gasteiger partial charge in [-0.2, -0.15) is 0 Å². The molecule has 18 heavy (non-hydrogen) atoms. The van der Waals surface area contributed by atoms with E-state index in [1.807, 2.05) is 18.4 Å². The summed E-state index contributed by atoms with van der Waals surface area (Å²) >= 11 is 1.56. The van der Waals surface area contributed by atoms with Crippen molar-refractivity contribution < 1.29 is 19.4 Å². The number of methoxy groups -OCH3 is 1. The highest BCUT2D eigenvalue weighted by molar-refractivity contribution is 7.10. The lowest BCUT2D eigenvalue weighted by molar-refractivity contribution is -0.182. The van der Waals surface area contributed by atoms with Crippen molar-refractivity contribution in [3.8, 4) is 0 Å². The van der Waals surface area contributed by atoms with Crippen LogP contribution >= 0.6 is 11.3 Å². The van der Waals surface area contributed by atoms with Gasteiger partial charge < -0.3 is 14.6 Å². The second-order valence-corrected chi connectivity index (χ2v) is 5.24. The molecule has 2 rings (SSSR count). The van der Waals surface area contributed by atoms with Crippen molar-refractivity contribution in [1.29, 1.82) is 0 Å². The number of aryl methyl sites for hydroxylation is 1. The fourth-order valence-electron chi connectivity index (χ4n) is 2.18. The predicted octanol–water partition coefficient (Wildman–Crippen LogP) is 1.27. The summed E-state index contributed by atoms with van der Waals surface area (Å²) in [5.41, 5.74) is 1.14. The molecule has 1 N–H and O–H groups in total. The Morgan fingerprint density at radius 1 is 1.67 bits per heavy atom. The lowest BCUT2D eigenvalue weighted by Crippen LogP contribution is -2.43. The highest BCUT2D eigenvalue weighted by Gasteiger charge is 2.44. The van der Waals surface area contributed by atoms with Crippen molar-refractivity contribution in [3.05, 3.63) is 21.9 Å². The largest absolute Gasteiger partial charge is 0.394 e. The zero-order chi connectivity index (χ0) is 13.3. The Balaban J connectivity index is 2.29. The molecule has 0 saturated carbocycles. The first kappa shape index (κ1) is 13.5. The zero-order valence-electron chi connectivity index (χ0n) is 10.6. The molecule has 1 aromatic rings. The standard InChI is InChI=1S/C12H17NO4S/c1-7-4-10(18-6-7)11-9(5-14)13(8(2)15)12(16-3)17-11/h4,6,9,11-12,14H,5H2,1-3H3/t9-,11-,12+/m0/s1. The summed E-state index contributed by atoms with van der Waals surface area (Å²) in [6.45, 7) is 3.29. The number of hydrogen-bond acceptors (Lipinski definition) is 5. The molecule has 5 nitrogen and oxygen atoms in total. The normalized spacial score (nSPS) is 27.8. The van der Waals surface area contributed by atoms with Gasteiger partial charge in [0.1, 0.15) is 6.10 Å². The minimum atomic E-state index is -0.730. The minimum absolute atomic E-state index is 0.152. The Labute approximate surface area is 110 Å². The van der Waals surface area contributed by atoms with Crippen LogP contribution in [0.25, 0.3) is 0 Å². The van der Waals surface area contributed by atoms with Gasteiger partial charge in [0.25, 0.3) is 0 Å². The summed E-state index contributed by atoms with van der Waals surface area (Å²) < 4.78 is 10.9. The van der Waals surface area contributed by atoms with Crippen LogP contribution in [0.15, 0.2) is 11.4 Å². The SMILES string of the molecule is CO[C@@H]1O[C@H](c2cc(C)cs2)[C@H](CO)N1C(C)=O. The molecule has 2 heterocycles. The van der Waals surface area contributed by atoms with Crippen molar-refractivity contribution >= 4 is 17.2 Å². The van der Waals surface area contributed by atoms with Gasteiger partial charge in [0.15, 0.2) is 0 Å². The summed E-state index contributed by atoms with van der Waals surface area (Å²) in [5.74, 6) is -0.170. The van der Waals surface area contributed by atoms with E-state index in [1.165, 1.54) is 18.9 Å². The van der Waals surface area contributed by atoms with Gasteiger partial charge in [0.2, 0.25) is 12.3 Å². The first-order valence-electron chi connectivity index (χ1n) is 5.71. The number of carbonyl (C=O) groups is 1. The molecule has 0 aliphatic carbocycles. The molecule has 1 aliphatic heterocycles. The summed E-state index contributed by atoms with van der Waals surface area (Å²) in [6, 6.07) is 1.61. The fourth-order valence-corrected chi connectivity index (χ4v) is 3.17. The Morgan fingerprint density at radius 3 is 2.83 bits per heavy atom. The van der Waals surface area contributed by atoms with Crippen LogP contribution < -0.4 is 0 Å². The van der Waals surface area contributed by atoms with E-state index < -0.39 is 12.5 Å². The number of carbonyl (C=O) groups excluding carboxylic acids is 1. The molecule has 1 fully saturated rings. The maximum atomic E-state index is 11.6. The smallest absolute Gasteiger partial charge is 0.243 e. The molecule has 1 aliphatic rings. The first-order chi connectivity index (χ1) is 8.58. The third-order valence-electron chi connectivity index (χ3n) is 2.98. The zero-order valence-corrected chi connectivity index (χ0v) is 11.4. The number of thiophene rings is 1. The maximum absolute atomic E-state index is 11.6. The van der Waals surface area contributed by atoms with E-state index in [9.17, 15) is 9.90 Å². The Kier molecular flexibility index (Phi) is 4.01. The van der Waals surface area contributed by atoms with Crippen molar-refractivity contribution in [2.45, 2.75) is 32.4 Å². The van der Waals surface area contributed by atoms with Gasteiger partial charge in [-0.15, -0.1) is 11.3 Å². The van der Waals surface area contributed by atoms with Crippen molar-refractivity contribution in [2.24, 2.45) is 0 Å². The first-order valence-corrected chi connectivity index (χ1v) is 6.59. The highest BCUT2D eigenvalue weighted by Crippen LogP contribution is 2.37. The highest BCUT2D eigenvalue weighted by atomic mass is 32.1. The summed E-state index contributed by atoms with van der Waals surface area (Å²) in [5, 5.41) is 11.5. The second-order valence-electron chi connectivity index (χ2n) is 4.30. The van der Waals surface area contributed by atoms with Gasteiger partial charge in [-0.3, -0.25) is 9.69 Å². The molecule has 0 bridgehead atoms. The predicted molar refractivity (Wildman–Crippen MR) is 67.1 cm³/mol. The topological polar surface area (TPSA) is 59.0 Å². The Hall–Kier alpha value is -0.950. The molecule has 0 spiro atoms. The number of aliphatic hydroxyl groups excluding tert-OH is 1. The number of amides is 1. The fraction of sp³-hybridized carbons (Fsp3) is 0.583. The molecule has 1 saturated heterocycles. The summed E-state index contributed by atoms with van der Waals surface area (Å²) in [6.07, 6.45) is -1.06. The Morgan fingerprint density at radius 2 is 2.39 bits per heavy atom. The van der Waals surface area contributed by atoms with E-state index in [0.717, 1.165) is 10.4 Å². The minimum Gasteiger partial charge on any atom is -0.394 e. The molecule has 100 valence electrons. The van der Waals surface area contributed by atoms with Gasteiger partial charge >= 0.3 is 0 Å². The summed E-state index contributed by atoms with van der Waals surface area (Å²) in [4.78, 5) is 14.1. The van der Waals surface area contributed by atoms with Gasteiger partial charge in [-0.1, -0.05) is 0 Å². The van der Waals surface area contributed by atoms with Crippen LogP contribution in [0.4, 0.5) is 0 Å². The lowest BCUT2D eigenvalue weighted by atomic mass is 10.1. The van der Waals surface area contributed by atoms with Crippen molar-refractivity contribution in [1.82, 2.24) is 4.90 Å². The molecule has 3 atom stereocenters. The van der Waals surface area contributed by atoms with Crippen LogP contribution in [0.2, 0.25) is 0 Å². The van der Waals surface area contributed by atoms with Gasteiger partial charge in [-0.25, -0.2) is 0 Å². The van der Waals surface area contributed by atoms with E-state index in [0.29, 0.717) is 0 Å². The molecule has 0 unspecified atom stereocenters. The molecule has 6 heteroatoms. The maximum Gasteiger partial charge on any atom is 0.243 e. The molecule has 0 radical (unpaired) electrons. The van der Waals surface area contributed by atoms with Gasteiger partial charge in [0, 0.05) is 18.9 Å².